The Labute approximate surface area is 143 Å². The molecular formula is C18H23NO. The Morgan fingerprint density at radius 3 is 2.80 bits per heavy atom. The summed E-state index contributed by atoms with van der Waals surface area (Å²) in [6, 6.07) is 4.14. The molecule has 0 aliphatic heterocycles. The topological polar surface area (TPSA) is 12.5 Å². The summed E-state index contributed by atoms with van der Waals surface area (Å²) in [7, 11) is 0. The molecule has 0 saturated carbocycles. The minimum absolute atomic E-state index is 0.0624. The van der Waals surface area contributed by atoms with E-state index in [0.29, 0.717) is 0 Å². The van der Waals surface area contributed by atoms with E-state index in [1.54, 1.807) is 6.07 Å². The maximum Gasteiger partial charge on any atom is 0.108 e. The van der Waals surface area contributed by atoms with Gasteiger partial charge in [0.25, 0.3) is 0 Å². The maximum absolute atomic E-state index is 8.35. The standard InChI is InChI=1S/C18H23NO/c1-15-9-7-8-12-17(15)18(20-14-13-19(2)3)16-10-5-4-6-11-16/h4-12,18H,13-14H2,1-3H3/i1D3,2D3,3D3,7D,8D,9D,12D,14D2. The van der Waals surface area contributed by atoms with Crippen molar-refractivity contribution in [1.82, 2.24) is 4.90 Å². The van der Waals surface area contributed by atoms with Crippen LogP contribution in [0.1, 0.15) is 43.4 Å². The molecule has 2 rings (SSSR count). The number of likely N-dealkylation sites (N-methyl/N-ethyl adjacent to an activating group) is 1. The molecule has 0 fully saturated rings. The van der Waals surface area contributed by atoms with E-state index in [-0.39, 0.29) is 10.5 Å². The minimum Gasteiger partial charge on any atom is -0.367 e. The lowest BCUT2D eigenvalue weighted by Gasteiger charge is -2.22. The van der Waals surface area contributed by atoms with Gasteiger partial charge in [0.15, 0.2) is 0 Å². The van der Waals surface area contributed by atoms with Crippen LogP contribution in [0, 0.1) is 6.85 Å². The maximum atomic E-state index is 8.35. The minimum atomic E-state index is -3.23. The monoisotopic (exact) mass is 284 g/mol. The van der Waals surface area contributed by atoms with Crippen molar-refractivity contribution in [2.75, 3.05) is 27.1 Å². The van der Waals surface area contributed by atoms with Gasteiger partial charge in [-0.05, 0) is 37.5 Å². The molecule has 2 aromatic rings. The molecule has 2 nitrogen and oxygen atoms in total. The summed E-state index contributed by atoms with van der Waals surface area (Å²) in [6.07, 6.45) is -1.75. The molecule has 0 heterocycles. The van der Waals surface area contributed by atoms with Crippen molar-refractivity contribution in [3.8, 4) is 0 Å². The average molecular weight is 284 g/mol. The van der Waals surface area contributed by atoms with E-state index in [1.165, 1.54) is 24.3 Å². The van der Waals surface area contributed by atoms with Gasteiger partial charge in [-0.1, -0.05) is 54.5 Å². The Morgan fingerprint density at radius 1 is 1.25 bits per heavy atom. The fourth-order valence-corrected chi connectivity index (χ4v) is 1.63. The van der Waals surface area contributed by atoms with Gasteiger partial charge in [0, 0.05) is 18.9 Å². The second-order valence-electron chi connectivity index (χ2n) is 3.93. The molecule has 20 heavy (non-hydrogen) atoms. The molecule has 1 atom stereocenters. The fourth-order valence-electron chi connectivity index (χ4n) is 1.63. The number of hydrogen-bond acceptors (Lipinski definition) is 2. The molecule has 0 saturated heterocycles. The van der Waals surface area contributed by atoms with Crippen LogP contribution in [-0.2, 0) is 4.74 Å². The van der Waals surface area contributed by atoms with Gasteiger partial charge in [-0.25, -0.2) is 0 Å². The van der Waals surface area contributed by atoms with Crippen LogP contribution in [0.25, 0.3) is 0 Å². The normalized spacial score (nSPS) is 26.1. The van der Waals surface area contributed by atoms with E-state index in [4.69, 9.17) is 25.3 Å². The van der Waals surface area contributed by atoms with E-state index >= 15 is 0 Å². The highest BCUT2D eigenvalue weighted by Gasteiger charge is 2.16. The average Bonchev–Trinajstić information content (AvgIpc) is 2.69. The Morgan fingerprint density at radius 2 is 2.05 bits per heavy atom. The van der Waals surface area contributed by atoms with Crippen molar-refractivity contribution < 1.29 is 25.3 Å². The summed E-state index contributed by atoms with van der Waals surface area (Å²) in [4.78, 5) is -0.0624. The van der Waals surface area contributed by atoms with Gasteiger partial charge in [-0.15, -0.1) is 0 Å². The van der Waals surface area contributed by atoms with Crippen molar-refractivity contribution in [3.63, 3.8) is 0 Å². The van der Waals surface area contributed by atoms with Gasteiger partial charge in [-0.3, -0.25) is 0 Å². The first-order chi connectivity index (χ1) is 15.7. The summed E-state index contributed by atoms with van der Waals surface area (Å²) in [5.74, 6) is 0. The first-order valence-electron chi connectivity index (χ1n) is 13.3. The van der Waals surface area contributed by atoms with Gasteiger partial charge >= 0.3 is 0 Å². The predicted octanol–water partition coefficient (Wildman–Crippen LogP) is 3.66. The van der Waals surface area contributed by atoms with E-state index in [1.807, 2.05) is 0 Å². The van der Waals surface area contributed by atoms with Gasteiger partial charge in [0.1, 0.15) is 6.10 Å². The van der Waals surface area contributed by atoms with E-state index in [0.717, 1.165) is 0 Å². The van der Waals surface area contributed by atoms with Crippen LogP contribution in [0.4, 0.5) is 0 Å². The molecule has 0 N–H and O–H groups in total. The molecular weight excluding hydrogens is 246 g/mol. The second kappa shape index (κ2) is 7.22. The SMILES string of the molecule is [2H]c1c([2H])c([2H])c(C([2H])([2H])[2H])c(C(OC([2H])([2H])CN(C([2H])([2H])[2H])C([2H])([2H])[2H])c2ccccc2)c1[2H]. The zero-order valence-corrected chi connectivity index (χ0v) is 10.5. The fraction of sp³-hybridized carbons (Fsp3) is 0.333. The molecule has 0 aliphatic rings. The smallest absolute Gasteiger partial charge is 0.108 e. The third kappa shape index (κ3) is 3.92. The molecule has 0 bridgehead atoms. The third-order valence-electron chi connectivity index (χ3n) is 2.50. The first kappa shape index (κ1) is 4.69. The van der Waals surface area contributed by atoms with E-state index in [9.17, 15) is 0 Å². The quantitative estimate of drug-likeness (QED) is 0.802. The second-order valence-corrected chi connectivity index (χ2v) is 3.93. The van der Waals surface area contributed by atoms with Crippen molar-refractivity contribution in [2.24, 2.45) is 0 Å². The summed E-state index contributed by atoms with van der Waals surface area (Å²) in [5.41, 5.74) is -1.27. The Bertz CT molecular complexity index is 1030. The van der Waals surface area contributed by atoms with Crippen LogP contribution >= 0.6 is 0 Å². The first-order valence-corrected chi connectivity index (χ1v) is 5.79. The van der Waals surface area contributed by atoms with E-state index < -0.39 is 75.3 Å². The van der Waals surface area contributed by atoms with Crippen molar-refractivity contribution >= 4 is 0 Å². The number of rotatable bonds is 6. The lowest BCUT2D eigenvalue weighted by molar-refractivity contribution is 0.0683. The highest BCUT2D eigenvalue weighted by atomic mass is 16.5. The predicted molar refractivity (Wildman–Crippen MR) is 84.0 cm³/mol. The van der Waals surface area contributed by atoms with Crippen molar-refractivity contribution in [1.29, 1.82) is 0 Å². The summed E-state index contributed by atoms with van der Waals surface area (Å²) >= 11 is 0. The Hall–Kier alpha value is -1.64. The van der Waals surface area contributed by atoms with Crippen LogP contribution in [-0.4, -0.2) is 32.0 Å². The summed E-state index contributed by atoms with van der Waals surface area (Å²) in [5, 5.41) is 0. The lowest BCUT2D eigenvalue weighted by Crippen LogP contribution is -2.20. The van der Waals surface area contributed by atoms with Gasteiger partial charge in [0.2, 0.25) is 0 Å². The Kier molecular flexibility index (Phi) is 1.69. The van der Waals surface area contributed by atoms with Crippen molar-refractivity contribution in [3.05, 3.63) is 71.2 Å². The van der Waals surface area contributed by atoms with Gasteiger partial charge in [-0.2, -0.15) is 0 Å². The zero-order valence-electron chi connectivity index (χ0n) is 25.5. The highest BCUT2D eigenvalue weighted by Crippen LogP contribution is 2.28. The van der Waals surface area contributed by atoms with Crippen molar-refractivity contribution in [2.45, 2.75) is 13.0 Å². The molecule has 0 spiro atoms. The van der Waals surface area contributed by atoms with Gasteiger partial charge in [0.05, 0.1) is 14.8 Å². The van der Waals surface area contributed by atoms with Crippen LogP contribution < -0.4 is 0 Å². The highest BCUT2D eigenvalue weighted by molar-refractivity contribution is 5.35. The zero-order chi connectivity index (χ0) is 27.1. The largest absolute Gasteiger partial charge is 0.367 e. The number of ether oxygens (including phenoxy) is 1. The molecule has 0 radical (unpaired) electrons. The molecule has 0 amide bonds. The lowest BCUT2D eigenvalue weighted by atomic mass is 9.97. The number of hydrogen-bond donors (Lipinski definition) is 0. The molecule has 1 unspecified atom stereocenters. The third-order valence-corrected chi connectivity index (χ3v) is 2.50. The number of benzene rings is 2. The van der Waals surface area contributed by atoms with Crippen LogP contribution in [0.5, 0.6) is 0 Å². The van der Waals surface area contributed by atoms with Crippen LogP contribution in [0.2, 0.25) is 0 Å². The van der Waals surface area contributed by atoms with Gasteiger partial charge < -0.3 is 9.64 Å². The summed E-state index contributed by atoms with van der Waals surface area (Å²) in [6.45, 7) is -13.8. The summed E-state index contributed by atoms with van der Waals surface area (Å²) < 4.78 is 123. The van der Waals surface area contributed by atoms with Crippen LogP contribution in [0.3, 0.4) is 0 Å². The van der Waals surface area contributed by atoms with Crippen LogP contribution in [0.15, 0.2) is 54.5 Å². The number of nitrogens with zero attached hydrogens (tertiary/aromatic N) is 1. The molecule has 2 aromatic carbocycles. The molecule has 0 aromatic heterocycles. The van der Waals surface area contributed by atoms with E-state index in [2.05, 4.69) is 0 Å². The Balaban J connectivity index is 2.76. The molecule has 106 valence electrons. The molecule has 0 aliphatic carbocycles. The molecule has 2 heteroatoms.